The van der Waals surface area contributed by atoms with Gasteiger partial charge in [0.25, 0.3) is 0 Å². The summed E-state index contributed by atoms with van der Waals surface area (Å²) in [5, 5.41) is 1.28. The highest BCUT2D eigenvalue weighted by atomic mass is 14.7. The summed E-state index contributed by atoms with van der Waals surface area (Å²) in [7, 11) is 0. The molecule has 1 saturated carbocycles. The zero-order valence-electron chi connectivity index (χ0n) is 9.32. The van der Waals surface area contributed by atoms with Crippen molar-refractivity contribution in [2.75, 3.05) is 0 Å². The molecule has 3 rings (SSSR count). The Morgan fingerprint density at radius 2 is 2.06 bits per heavy atom. The Bertz CT molecular complexity index is 481. The van der Waals surface area contributed by atoms with Crippen LogP contribution in [0.1, 0.15) is 37.2 Å². The number of aromatic nitrogens is 2. The van der Waals surface area contributed by atoms with Gasteiger partial charge in [-0.3, -0.25) is 4.98 Å². The third kappa shape index (κ3) is 1.61. The number of rotatable bonds is 1. The molecule has 0 bridgehead atoms. The fraction of sp³-hybridized carbons (Fsp3) is 0.462. The monoisotopic (exact) mass is 215 g/mol. The lowest BCUT2D eigenvalue weighted by Gasteiger charge is -2.25. The van der Waals surface area contributed by atoms with E-state index in [2.05, 4.69) is 16.2 Å². The van der Waals surface area contributed by atoms with Crippen molar-refractivity contribution >= 4 is 10.9 Å². The molecular formula is C13H17N3. The van der Waals surface area contributed by atoms with Gasteiger partial charge in [-0.1, -0.05) is 0 Å². The second kappa shape index (κ2) is 3.91. The Kier molecular flexibility index (Phi) is 2.40. The molecule has 0 amide bonds. The Labute approximate surface area is 95.1 Å². The highest BCUT2D eigenvalue weighted by Crippen LogP contribution is 2.35. The molecule has 0 saturated heterocycles. The number of aromatic amines is 1. The van der Waals surface area contributed by atoms with Crippen molar-refractivity contribution in [3.8, 4) is 0 Å². The summed E-state index contributed by atoms with van der Waals surface area (Å²) in [4.78, 5) is 7.54. The smallest absolute Gasteiger partial charge is 0.0487 e. The predicted octanol–water partition coefficient (Wildman–Crippen LogP) is 2.55. The molecule has 1 aliphatic carbocycles. The van der Waals surface area contributed by atoms with Crippen LogP contribution in [0, 0.1) is 0 Å². The minimum absolute atomic E-state index is 0.416. The molecule has 2 aromatic heterocycles. The first kappa shape index (κ1) is 9.85. The van der Waals surface area contributed by atoms with Gasteiger partial charge in [-0.2, -0.15) is 0 Å². The second-order valence-corrected chi connectivity index (χ2v) is 4.78. The van der Waals surface area contributed by atoms with Crippen LogP contribution in [0.3, 0.4) is 0 Å². The minimum Gasteiger partial charge on any atom is -0.361 e. The van der Waals surface area contributed by atoms with Gasteiger partial charge in [0.05, 0.1) is 0 Å². The summed E-state index contributed by atoms with van der Waals surface area (Å²) in [6.07, 6.45) is 10.7. The van der Waals surface area contributed by atoms with Crippen LogP contribution >= 0.6 is 0 Å². The van der Waals surface area contributed by atoms with E-state index >= 15 is 0 Å². The summed E-state index contributed by atoms with van der Waals surface area (Å²) < 4.78 is 0. The van der Waals surface area contributed by atoms with Crippen molar-refractivity contribution in [1.29, 1.82) is 0 Å². The van der Waals surface area contributed by atoms with E-state index in [0.717, 1.165) is 12.8 Å². The van der Waals surface area contributed by atoms with Crippen LogP contribution in [0.5, 0.6) is 0 Å². The SMILES string of the molecule is NC1CCC(c2c[nH]c3ccncc23)CC1. The number of H-pyrrole nitrogens is 1. The Morgan fingerprint density at radius 3 is 2.88 bits per heavy atom. The fourth-order valence-corrected chi connectivity index (χ4v) is 2.75. The maximum Gasteiger partial charge on any atom is 0.0487 e. The molecule has 0 atom stereocenters. The molecular weight excluding hydrogens is 198 g/mol. The molecule has 1 aliphatic rings. The molecule has 2 aromatic rings. The highest BCUT2D eigenvalue weighted by molar-refractivity contribution is 5.82. The van der Waals surface area contributed by atoms with Crippen LogP contribution in [0.2, 0.25) is 0 Å². The maximum absolute atomic E-state index is 5.94. The number of nitrogens with zero attached hydrogens (tertiary/aromatic N) is 1. The van der Waals surface area contributed by atoms with E-state index in [1.807, 2.05) is 18.5 Å². The number of fused-ring (bicyclic) bond motifs is 1. The zero-order valence-corrected chi connectivity index (χ0v) is 9.32. The average Bonchev–Trinajstić information content (AvgIpc) is 2.74. The van der Waals surface area contributed by atoms with Crippen molar-refractivity contribution in [1.82, 2.24) is 9.97 Å². The van der Waals surface area contributed by atoms with E-state index < -0.39 is 0 Å². The molecule has 0 unspecified atom stereocenters. The largest absolute Gasteiger partial charge is 0.361 e. The number of hydrogen-bond acceptors (Lipinski definition) is 2. The molecule has 84 valence electrons. The van der Waals surface area contributed by atoms with E-state index in [1.54, 1.807) is 0 Å². The Balaban J connectivity index is 1.94. The van der Waals surface area contributed by atoms with E-state index in [-0.39, 0.29) is 0 Å². The van der Waals surface area contributed by atoms with E-state index in [4.69, 9.17) is 5.73 Å². The molecule has 3 N–H and O–H groups in total. The van der Waals surface area contributed by atoms with Crippen molar-refractivity contribution in [3.63, 3.8) is 0 Å². The van der Waals surface area contributed by atoms with Gasteiger partial charge in [0.2, 0.25) is 0 Å². The number of nitrogens with one attached hydrogen (secondary N) is 1. The van der Waals surface area contributed by atoms with Crippen LogP contribution in [0.25, 0.3) is 10.9 Å². The first-order chi connectivity index (χ1) is 7.84. The third-order valence-corrected chi connectivity index (χ3v) is 3.73. The lowest BCUT2D eigenvalue weighted by atomic mass is 9.82. The zero-order chi connectivity index (χ0) is 11.0. The first-order valence-corrected chi connectivity index (χ1v) is 6.01. The minimum atomic E-state index is 0.416. The van der Waals surface area contributed by atoms with Crippen LogP contribution < -0.4 is 5.73 Å². The Morgan fingerprint density at radius 1 is 1.25 bits per heavy atom. The van der Waals surface area contributed by atoms with E-state index in [1.165, 1.54) is 29.3 Å². The molecule has 2 heterocycles. The molecule has 3 nitrogen and oxygen atoms in total. The predicted molar refractivity (Wildman–Crippen MR) is 65.3 cm³/mol. The highest BCUT2D eigenvalue weighted by Gasteiger charge is 2.22. The summed E-state index contributed by atoms with van der Waals surface area (Å²) in [5.74, 6) is 0.665. The molecule has 1 fully saturated rings. The second-order valence-electron chi connectivity index (χ2n) is 4.78. The summed E-state index contributed by atoms with van der Waals surface area (Å²) in [6, 6.07) is 2.45. The van der Waals surface area contributed by atoms with Gasteiger partial charge < -0.3 is 10.7 Å². The van der Waals surface area contributed by atoms with Gasteiger partial charge in [0.1, 0.15) is 0 Å². The first-order valence-electron chi connectivity index (χ1n) is 6.01. The standard InChI is InChI=1S/C13H17N3/c14-10-3-1-9(2-4-10)11-8-16-13-5-6-15-7-12(11)13/h5-10,16H,1-4,14H2. The summed E-state index contributed by atoms with van der Waals surface area (Å²) >= 11 is 0. The topological polar surface area (TPSA) is 54.7 Å². The van der Waals surface area contributed by atoms with Crippen LogP contribution in [-0.4, -0.2) is 16.0 Å². The average molecular weight is 215 g/mol. The molecule has 3 heteroatoms. The van der Waals surface area contributed by atoms with Gasteiger partial charge in [-0.05, 0) is 43.2 Å². The van der Waals surface area contributed by atoms with Crippen LogP contribution in [0.4, 0.5) is 0 Å². The van der Waals surface area contributed by atoms with E-state index in [9.17, 15) is 0 Å². The quantitative estimate of drug-likeness (QED) is 0.768. The molecule has 16 heavy (non-hydrogen) atoms. The summed E-state index contributed by atoms with van der Waals surface area (Å²) in [5.41, 5.74) is 8.56. The van der Waals surface area contributed by atoms with Crippen LogP contribution in [0.15, 0.2) is 24.7 Å². The number of pyridine rings is 1. The maximum atomic E-state index is 5.94. The molecule has 0 aromatic carbocycles. The fourth-order valence-electron chi connectivity index (χ4n) is 2.75. The van der Waals surface area contributed by atoms with Crippen molar-refractivity contribution in [2.45, 2.75) is 37.6 Å². The third-order valence-electron chi connectivity index (χ3n) is 3.73. The van der Waals surface area contributed by atoms with Crippen LogP contribution in [-0.2, 0) is 0 Å². The number of nitrogens with two attached hydrogens (primary N) is 1. The van der Waals surface area contributed by atoms with Gasteiger partial charge in [-0.15, -0.1) is 0 Å². The Hall–Kier alpha value is -1.35. The van der Waals surface area contributed by atoms with Crippen molar-refractivity contribution < 1.29 is 0 Å². The van der Waals surface area contributed by atoms with Gasteiger partial charge in [0.15, 0.2) is 0 Å². The van der Waals surface area contributed by atoms with Gasteiger partial charge in [-0.25, -0.2) is 0 Å². The van der Waals surface area contributed by atoms with Gasteiger partial charge in [0, 0.05) is 35.5 Å². The molecule has 0 aliphatic heterocycles. The molecule has 0 spiro atoms. The van der Waals surface area contributed by atoms with Crippen molar-refractivity contribution in [3.05, 3.63) is 30.2 Å². The normalized spacial score (nSPS) is 26.1. The number of hydrogen-bond donors (Lipinski definition) is 2. The summed E-state index contributed by atoms with van der Waals surface area (Å²) in [6.45, 7) is 0. The molecule has 0 radical (unpaired) electrons. The lowest BCUT2D eigenvalue weighted by Crippen LogP contribution is -2.25. The van der Waals surface area contributed by atoms with Gasteiger partial charge >= 0.3 is 0 Å². The van der Waals surface area contributed by atoms with Crippen molar-refractivity contribution in [2.24, 2.45) is 5.73 Å². The van der Waals surface area contributed by atoms with E-state index in [0.29, 0.717) is 12.0 Å². The lowest BCUT2D eigenvalue weighted by molar-refractivity contribution is 0.397.